The Kier molecular flexibility index (Phi) is 10.1. The Morgan fingerprint density at radius 2 is 2.10 bits per heavy atom. The monoisotopic (exact) mass is 444 g/mol. The van der Waals surface area contributed by atoms with Crippen LogP contribution in [0.5, 0.6) is 0 Å². The van der Waals surface area contributed by atoms with Gasteiger partial charge in [-0.25, -0.2) is 4.79 Å². The number of methoxy groups -OCH3 is 1. The molecule has 0 bridgehead atoms. The predicted molar refractivity (Wildman–Crippen MR) is 117 cm³/mol. The molecule has 6 atom stereocenters. The third-order valence-corrected chi connectivity index (χ3v) is 7.18. The largest absolute Gasteiger partial charge is 0.465 e. The molecule has 1 fully saturated rings. The average molecular weight is 445 g/mol. The van der Waals surface area contributed by atoms with Gasteiger partial charge in [0, 0.05) is 16.2 Å². The molecular weight excluding hydrogens is 412 g/mol. The highest BCUT2D eigenvalue weighted by Gasteiger charge is 2.39. The molecule has 1 aliphatic rings. The van der Waals surface area contributed by atoms with Gasteiger partial charge in [0.05, 0.1) is 25.4 Å². The summed E-state index contributed by atoms with van der Waals surface area (Å²) < 4.78 is 4.74. The van der Waals surface area contributed by atoms with Crippen LogP contribution >= 0.6 is 22.9 Å². The van der Waals surface area contributed by atoms with Gasteiger partial charge < -0.3 is 20.1 Å². The summed E-state index contributed by atoms with van der Waals surface area (Å²) in [7, 11) is 1.38. The number of aliphatic hydroxyl groups is 3. The molecule has 1 aliphatic carbocycles. The van der Waals surface area contributed by atoms with E-state index in [1.165, 1.54) is 18.4 Å². The van der Waals surface area contributed by atoms with Crippen LogP contribution in [0.4, 0.5) is 0 Å². The van der Waals surface area contributed by atoms with Crippen molar-refractivity contribution in [2.75, 3.05) is 7.11 Å². The molecular formula is C22H33ClO5S. The van der Waals surface area contributed by atoms with Crippen molar-refractivity contribution >= 4 is 28.9 Å². The minimum absolute atomic E-state index is 0.0575. The first-order chi connectivity index (χ1) is 13.8. The van der Waals surface area contributed by atoms with E-state index in [1.54, 1.807) is 19.1 Å². The van der Waals surface area contributed by atoms with Crippen LogP contribution in [0.2, 0.25) is 0 Å². The minimum Gasteiger partial charge on any atom is -0.465 e. The van der Waals surface area contributed by atoms with Gasteiger partial charge in [0.25, 0.3) is 0 Å². The second-order valence-electron chi connectivity index (χ2n) is 7.94. The van der Waals surface area contributed by atoms with E-state index in [0.29, 0.717) is 24.1 Å². The third kappa shape index (κ3) is 7.68. The molecule has 3 N–H and O–H groups in total. The van der Waals surface area contributed by atoms with Gasteiger partial charge in [-0.1, -0.05) is 12.2 Å². The first kappa shape index (κ1) is 24.4. The number of hydrogen-bond acceptors (Lipinski definition) is 6. The van der Waals surface area contributed by atoms with Crippen molar-refractivity contribution in [1.29, 1.82) is 0 Å². The van der Waals surface area contributed by atoms with Crippen molar-refractivity contribution in [3.8, 4) is 0 Å². The fraction of sp³-hybridized carbons (Fsp3) is 0.682. The van der Waals surface area contributed by atoms with E-state index in [1.807, 2.05) is 12.1 Å². The van der Waals surface area contributed by atoms with E-state index in [-0.39, 0.29) is 29.3 Å². The molecule has 0 amide bonds. The third-order valence-electron chi connectivity index (χ3n) is 5.56. The molecule has 0 unspecified atom stereocenters. The smallest absolute Gasteiger partial charge is 0.348 e. The summed E-state index contributed by atoms with van der Waals surface area (Å²) in [5.41, 5.74) is 0. The fourth-order valence-electron chi connectivity index (χ4n) is 3.94. The lowest BCUT2D eigenvalue weighted by Gasteiger charge is -2.21. The van der Waals surface area contributed by atoms with E-state index in [2.05, 4.69) is 0 Å². The molecule has 1 aromatic rings. The van der Waals surface area contributed by atoms with Gasteiger partial charge in [0.2, 0.25) is 0 Å². The van der Waals surface area contributed by atoms with Crippen molar-refractivity contribution in [1.82, 2.24) is 0 Å². The number of hydrogen-bond donors (Lipinski definition) is 3. The maximum absolute atomic E-state index is 11.6. The van der Waals surface area contributed by atoms with Gasteiger partial charge in [-0.05, 0) is 69.9 Å². The average Bonchev–Trinajstić information content (AvgIpc) is 3.24. The fourth-order valence-corrected chi connectivity index (χ4v) is 5.39. The van der Waals surface area contributed by atoms with Crippen LogP contribution in [0.25, 0.3) is 0 Å². The highest BCUT2D eigenvalue weighted by Crippen LogP contribution is 2.40. The van der Waals surface area contributed by atoms with E-state index < -0.39 is 12.2 Å². The normalized spacial score (nSPS) is 26.7. The van der Waals surface area contributed by atoms with Crippen LogP contribution < -0.4 is 0 Å². The molecule has 5 nitrogen and oxygen atoms in total. The van der Waals surface area contributed by atoms with Gasteiger partial charge in [-0.15, -0.1) is 22.9 Å². The Morgan fingerprint density at radius 3 is 2.79 bits per heavy atom. The molecule has 1 heterocycles. The molecule has 7 heteroatoms. The van der Waals surface area contributed by atoms with E-state index in [4.69, 9.17) is 16.3 Å². The molecule has 1 saturated carbocycles. The summed E-state index contributed by atoms with van der Waals surface area (Å²) in [5, 5.41) is 29.8. The summed E-state index contributed by atoms with van der Waals surface area (Å²) in [6.45, 7) is 1.74. The second kappa shape index (κ2) is 12.1. The number of ether oxygens (including phenoxy) is 1. The first-order valence-electron chi connectivity index (χ1n) is 10.4. The zero-order valence-corrected chi connectivity index (χ0v) is 18.7. The van der Waals surface area contributed by atoms with E-state index >= 15 is 0 Å². The molecule has 29 heavy (non-hydrogen) atoms. The lowest BCUT2D eigenvalue weighted by Crippen LogP contribution is -2.19. The molecule has 0 saturated heterocycles. The lowest BCUT2D eigenvalue weighted by atomic mass is 9.89. The second-order valence-corrected chi connectivity index (χ2v) is 9.67. The first-order valence-corrected chi connectivity index (χ1v) is 11.6. The summed E-state index contributed by atoms with van der Waals surface area (Å²) in [6.07, 6.45) is 7.51. The van der Waals surface area contributed by atoms with Crippen molar-refractivity contribution in [3.63, 3.8) is 0 Å². The van der Waals surface area contributed by atoms with Gasteiger partial charge in [0.15, 0.2) is 0 Å². The van der Waals surface area contributed by atoms with Crippen LogP contribution in [0.1, 0.15) is 60.0 Å². The highest BCUT2D eigenvalue weighted by atomic mass is 35.5. The number of alkyl halides is 1. The SMILES string of the molecule is COC(=O)c1ccc(CCC[C@@H]2[C@H](C=C[C@@H](O)CCC[C@H](C)O)[C@H](O)C[C@@H]2Cl)s1. The Morgan fingerprint density at radius 1 is 1.34 bits per heavy atom. The van der Waals surface area contributed by atoms with Crippen molar-refractivity contribution in [2.45, 2.75) is 75.6 Å². The Hall–Kier alpha value is -0.920. The minimum atomic E-state index is -0.571. The molecule has 0 radical (unpaired) electrons. The Labute approximate surface area is 182 Å². The maximum Gasteiger partial charge on any atom is 0.348 e. The number of thiophene rings is 1. The molecule has 0 aromatic carbocycles. The standard InChI is InChI=1S/C22H33ClO5S/c1-14(24)5-3-6-15(25)9-11-18-17(19(23)13-20(18)26)8-4-7-16-10-12-21(29-16)22(27)28-2/h9-12,14-15,17-20,24-26H,3-8,13H2,1-2H3/t14-,15-,17+,18-,19-,20+/m0/s1. The van der Waals surface area contributed by atoms with Gasteiger partial charge in [-0.3, -0.25) is 0 Å². The number of halogens is 1. The number of esters is 1. The van der Waals surface area contributed by atoms with Crippen LogP contribution in [0, 0.1) is 11.8 Å². The van der Waals surface area contributed by atoms with Gasteiger partial charge in [0.1, 0.15) is 4.88 Å². The summed E-state index contributed by atoms with van der Waals surface area (Å²) in [5.74, 6) is -0.205. The van der Waals surface area contributed by atoms with Crippen LogP contribution in [0.3, 0.4) is 0 Å². The molecule has 0 aliphatic heterocycles. The quantitative estimate of drug-likeness (QED) is 0.273. The zero-order chi connectivity index (χ0) is 21.4. The summed E-state index contributed by atoms with van der Waals surface area (Å²) in [4.78, 5) is 13.3. The molecule has 2 rings (SSSR count). The lowest BCUT2D eigenvalue weighted by molar-refractivity contribution is 0.0606. The van der Waals surface area contributed by atoms with Crippen LogP contribution in [0.15, 0.2) is 24.3 Å². The van der Waals surface area contributed by atoms with E-state index in [9.17, 15) is 20.1 Å². The number of rotatable bonds is 11. The van der Waals surface area contributed by atoms with Crippen LogP contribution in [-0.4, -0.2) is 52.1 Å². The summed E-state index contributed by atoms with van der Waals surface area (Å²) in [6, 6.07) is 3.75. The van der Waals surface area contributed by atoms with Gasteiger partial charge in [-0.2, -0.15) is 0 Å². The Bertz CT molecular complexity index is 659. The van der Waals surface area contributed by atoms with Crippen molar-refractivity contribution in [3.05, 3.63) is 34.0 Å². The number of carbonyl (C=O) groups excluding carboxylic acids is 1. The van der Waals surface area contributed by atoms with Crippen LogP contribution in [-0.2, 0) is 11.2 Å². The zero-order valence-electron chi connectivity index (χ0n) is 17.2. The van der Waals surface area contributed by atoms with E-state index in [0.717, 1.165) is 30.6 Å². The Balaban J connectivity index is 1.84. The summed E-state index contributed by atoms with van der Waals surface area (Å²) >= 11 is 7.96. The van der Waals surface area contributed by atoms with Crippen molar-refractivity contribution in [2.24, 2.45) is 11.8 Å². The highest BCUT2D eigenvalue weighted by molar-refractivity contribution is 7.13. The van der Waals surface area contributed by atoms with Gasteiger partial charge >= 0.3 is 5.97 Å². The topological polar surface area (TPSA) is 87.0 Å². The number of carbonyl (C=O) groups is 1. The molecule has 0 spiro atoms. The predicted octanol–water partition coefficient (Wildman–Crippen LogP) is 3.93. The number of aryl methyl sites for hydroxylation is 1. The van der Waals surface area contributed by atoms with Crippen molar-refractivity contribution < 1.29 is 24.9 Å². The molecule has 164 valence electrons. The molecule has 1 aromatic heterocycles. The maximum atomic E-state index is 11.6. The number of aliphatic hydroxyl groups excluding tert-OH is 3.